The molecule has 40 heavy (non-hydrogen) atoms. The number of ether oxygens (including phenoxy) is 4. The summed E-state index contributed by atoms with van der Waals surface area (Å²) < 4.78 is 25.7. The van der Waals surface area contributed by atoms with E-state index >= 15 is 0 Å². The number of amidine groups is 1. The van der Waals surface area contributed by atoms with Crippen molar-refractivity contribution in [2.24, 2.45) is 10.7 Å². The van der Waals surface area contributed by atoms with Gasteiger partial charge in [0.1, 0.15) is 30.2 Å². The lowest BCUT2D eigenvalue weighted by molar-refractivity contribution is -0.150. The molecule has 0 aromatic heterocycles. The highest BCUT2D eigenvalue weighted by Gasteiger charge is 2.43. The van der Waals surface area contributed by atoms with E-state index in [1.54, 1.807) is 0 Å². The van der Waals surface area contributed by atoms with Crippen LogP contribution >= 0.6 is 0 Å². The summed E-state index contributed by atoms with van der Waals surface area (Å²) in [4.78, 5) is 4.85. The minimum absolute atomic E-state index is 0.339. The van der Waals surface area contributed by atoms with E-state index in [0.29, 0.717) is 38.9 Å². The van der Waals surface area contributed by atoms with Crippen LogP contribution in [0.25, 0.3) is 0 Å². The van der Waals surface area contributed by atoms with Crippen molar-refractivity contribution in [2.75, 3.05) is 6.61 Å². The van der Waals surface area contributed by atoms with Gasteiger partial charge in [-0.15, -0.1) is 0 Å². The van der Waals surface area contributed by atoms with Gasteiger partial charge in [-0.25, -0.2) is 0 Å². The lowest BCUT2D eigenvalue weighted by Gasteiger charge is -2.40. The van der Waals surface area contributed by atoms with Crippen molar-refractivity contribution in [1.82, 2.24) is 0 Å². The number of hydrogen-bond acceptors (Lipinski definition) is 6. The molecule has 0 bridgehead atoms. The van der Waals surface area contributed by atoms with Gasteiger partial charge in [0.2, 0.25) is 0 Å². The van der Waals surface area contributed by atoms with Crippen LogP contribution < -0.4 is 5.73 Å². The van der Waals surface area contributed by atoms with Gasteiger partial charge in [0, 0.05) is 0 Å². The molecule has 0 amide bonds. The second-order valence-corrected chi connectivity index (χ2v) is 9.86. The standard InChI is InChI=1S/C34H36N2O4/c35-34-33(40-24-29-19-11-4-12-20-29)32(39-23-28-17-9-3-10-18-28)31(38-22-27-15-7-2-8-16-27)30(36-34)25-37-21-26-13-5-1-6-14-26/h1-20,30-33H,21-25H2,(H2,35,36)/t30-,31-,32+,33-/m1/s1. The fourth-order valence-corrected chi connectivity index (χ4v) is 4.76. The fourth-order valence-electron chi connectivity index (χ4n) is 4.76. The third kappa shape index (κ3) is 7.87. The maximum atomic E-state index is 6.58. The molecule has 4 aromatic rings. The Hall–Kier alpha value is -3.81. The van der Waals surface area contributed by atoms with Crippen molar-refractivity contribution >= 4 is 5.84 Å². The number of nitrogens with zero attached hydrogens (tertiary/aromatic N) is 1. The molecule has 0 radical (unpaired) electrons. The van der Waals surface area contributed by atoms with Crippen molar-refractivity contribution in [3.63, 3.8) is 0 Å². The normalized spacial score (nSPS) is 20.6. The van der Waals surface area contributed by atoms with E-state index in [2.05, 4.69) is 0 Å². The Bertz CT molecular complexity index is 1300. The summed E-state index contributed by atoms with van der Waals surface area (Å²) in [6.45, 7) is 2.00. The van der Waals surface area contributed by atoms with Gasteiger partial charge < -0.3 is 24.7 Å². The van der Waals surface area contributed by atoms with Crippen molar-refractivity contribution in [2.45, 2.75) is 50.8 Å². The summed E-state index contributed by atoms with van der Waals surface area (Å²) in [5.41, 5.74) is 10.8. The highest BCUT2D eigenvalue weighted by atomic mass is 16.6. The molecule has 206 valence electrons. The Morgan fingerprint density at radius 1 is 0.500 bits per heavy atom. The summed E-state index contributed by atoms with van der Waals surface area (Å²) in [5.74, 6) is 0.391. The number of aliphatic imine (C=N–C) groups is 1. The number of nitrogens with two attached hydrogens (primary N) is 1. The molecule has 0 spiro atoms. The molecule has 1 heterocycles. The Morgan fingerprint density at radius 2 is 0.900 bits per heavy atom. The zero-order valence-corrected chi connectivity index (χ0v) is 22.5. The minimum Gasteiger partial charge on any atom is -0.385 e. The van der Waals surface area contributed by atoms with Gasteiger partial charge in [0.05, 0.1) is 33.0 Å². The number of hydrogen-bond donors (Lipinski definition) is 1. The van der Waals surface area contributed by atoms with Crippen molar-refractivity contribution in [3.8, 4) is 0 Å². The molecule has 1 aliphatic rings. The molecule has 4 aromatic carbocycles. The second kappa shape index (κ2) is 14.5. The van der Waals surface area contributed by atoms with Crippen LogP contribution in [-0.2, 0) is 45.4 Å². The van der Waals surface area contributed by atoms with Crippen LogP contribution in [0, 0.1) is 0 Å². The van der Waals surface area contributed by atoms with Crippen molar-refractivity contribution in [3.05, 3.63) is 144 Å². The second-order valence-electron chi connectivity index (χ2n) is 9.86. The molecule has 0 unspecified atom stereocenters. The summed E-state index contributed by atoms with van der Waals surface area (Å²) in [7, 11) is 0. The molecule has 0 saturated carbocycles. The van der Waals surface area contributed by atoms with Gasteiger partial charge in [-0.05, 0) is 22.3 Å². The SMILES string of the molecule is NC1=N[C@H](COCc2ccccc2)[C@@H](OCc2ccccc2)[C@H](OCc2ccccc2)[C@H]1OCc1ccccc1. The maximum absolute atomic E-state index is 6.58. The Morgan fingerprint density at radius 3 is 1.38 bits per heavy atom. The summed E-state index contributed by atoms with van der Waals surface area (Å²) in [5, 5.41) is 0. The third-order valence-corrected chi connectivity index (χ3v) is 6.85. The summed E-state index contributed by atoms with van der Waals surface area (Å²) >= 11 is 0. The van der Waals surface area contributed by atoms with E-state index in [1.807, 2.05) is 121 Å². The van der Waals surface area contributed by atoms with Crippen LogP contribution in [0.5, 0.6) is 0 Å². The molecular weight excluding hydrogens is 500 g/mol. The van der Waals surface area contributed by atoms with Crippen molar-refractivity contribution < 1.29 is 18.9 Å². The van der Waals surface area contributed by atoms with E-state index < -0.39 is 18.3 Å². The molecule has 2 N–H and O–H groups in total. The van der Waals surface area contributed by atoms with Gasteiger partial charge in [0.25, 0.3) is 0 Å². The Kier molecular flexibility index (Phi) is 10.1. The molecule has 0 saturated heterocycles. The van der Waals surface area contributed by atoms with Crippen LogP contribution in [0.4, 0.5) is 0 Å². The molecule has 6 heteroatoms. The van der Waals surface area contributed by atoms with E-state index in [9.17, 15) is 0 Å². The molecule has 1 aliphatic heterocycles. The fraction of sp³-hybridized carbons (Fsp3) is 0.265. The van der Waals surface area contributed by atoms with E-state index in [4.69, 9.17) is 29.7 Å². The molecule has 0 aliphatic carbocycles. The zero-order valence-electron chi connectivity index (χ0n) is 22.5. The topological polar surface area (TPSA) is 75.3 Å². The van der Waals surface area contributed by atoms with E-state index in [-0.39, 0.29) is 6.04 Å². The quantitative estimate of drug-likeness (QED) is 0.237. The summed E-state index contributed by atoms with van der Waals surface area (Å²) in [6.07, 6.45) is -1.50. The first-order valence-corrected chi connectivity index (χ1v) is 13.7. The summed E-state index contributed by atoms with van der Waals surface area (Å²) in [6, 6.07) is 39.9. The first kappa shape index (κ1) is 27.7. The first-order valence-electron chi connectivity index (χ1n) is 13.7. The van der Waals surface area contributed by atoms with E-state index in [1.165, 1.54) is 0 Å². The smallest absolute Gasteiger partial charge is 0.143 e. The van der Waals surface area contributed by atoms with E-state index in [0.717, 1.165) is 22.3 Å². The van der Waals surface area contributed by atoms with Crippen LogP contribution in [0.2, 0.25) is 0 Å². The first-order chi connectivity index (χ1) is 19.8. The molecule has 0 fully saturated rings. The lowest BCUT2D eigenvalue weighted by Crippen LogP contribution is -2.58. The zero-order chi connectivity index (χ0) is 27.4. The monoisotopic (exact) mass is 536 g/mol. The highest BCUT2D eigenvalue weighted by molar-refractivity contribution is 5.86. The Balaban J connectivity index is 1.38. The molecule has 5 rings (SSSR count). The predicted molar refractivity (Wildman–Crippen MR) is 157 cm³/mol. The molecule has 6 nitrogen and oxygen atoms in total. The molecular formula is C34H36N2O4. The van der Waals surface area contributed by atoms with Crippen LogP contribution in [0.15, 0.2) is 126 Å². The van der Waals surface area contributed by atoms with Crippen LogP contribution in [-0.4, -0.2) is 36.8 Å². The van der Waals surface area contributed by atoms with Gasteiger partial charge in [-0.2, -0.15) is 0 Å². The Labute approximate surface area is 236 Å². The minimum atomic E-state index is -0.574. The number of rotatable bonds is 13. The number of benzene rings is 4. The maximum Gasteiger partial charge on any atom is 0.143 e. The molecule has 4 atom stereocenters. The predicted octanol–water partition coefficient (Wildman–Crippen LogP) is 5.70. The van der Waals surface area contributed by atoms with Crippen molar-refractivity contribution in [1.29, 1.82) is 0 Å². The van der Waals surface area contributed by atoms with Gasteiger partial charge in [-0.3, -0.25) is 4.99 Å². The van der Waals surface area contributed by atoms with Crippen LogP contribution in [0.3, 0.4) is 0 Å². The van der Waals surface area contributed by atoms with Gasteiger partial charge >= 0.3 is 0 Å². The lowest BCUT2D eigenvalue weighted by atomic mass is 9.96. The third-order valence-electron chi connectivity index (χ3n) is 6.85. The largest absolute Gasteiger partial charge is 0.385 e. The average molecular weight is 537 g/mol. The van der Waals surface area contributed by atoms with Crippen LogP contribution in [0.1, 0.15) is 22.3 Å². The highest BCUT2D eigenvalue weighted by Crippen LogP contribution is 2.26. The van der Waals surface area contributed by atoms with Gasteiger partial charge in [-0.1, -0.05) is 121 Å². The average Bonchev–Trinajstić information content (AvgIpc) is 3.01. The van der Waals surface area contributed by atoms with Gasteiger partial charge in [0.15, 0.2) is 0 Å².